The molecule has 106 valence electrons. The highest BCUT2D eigenvalue weighted by molar-refractivity contribution is 9.10. The van der Waals surface area contributed by atoms with Gasteiger partial charge in [-0.1, -0.05) is 36.7 Å². The van der Waals surface area contributed by atoms with Crippen molar-refractivity contribution in [3.8, 4) is 0 Å². The van der Waals surface area contributed by atoms with E-state index in [0.717, 1.165) is 32.0 Å². The summed E-state index contributed by atoms with van der Waals surface area (Å²) in [6, 6.07) is 8.00. The molecule has 1 heterocycles. The lowest BCUT2D eigenvalue weighted by molar-refractivity contribution is 0.544. The minimum atomic E-state index is -0.0883. The van der Waals surface area contributed by atoms with Crippen molar-refractivity contribution in [1.82, 2.24) is 9.97 Å². The van der Waals surface area contributed by atoms with E-state index in [0.29, 0.717) is 0 Å². The Labute approximate surface area is 136 Å². The van der Waals surface area contributed by atoms with Crippen LogP contribution in [-0.2, 0) is 5.41 Å². The average Bonchev–Trinajstić information content (AvgIpc) is 2.31. The molecule has 0 fully saturated rings. The largest absolute Gasteiger partial charge is 0.340 e. The third-order valence-electron chi connectivity index (χ3n) is 2.82. The van der Waals surface area contributed by atoms with Crippen LogP contribution in [0.2, 0.25) is 0 Å². The van der Waals surface area contributed by atoms with Gasteiger partial charge < -0.3 is 5.32 Å². The maximum atomic E-state index is 4.60. The summed E-state index contributed by atoms with van der Waals surface area (Å²) < 4.78 is 1.86. The molecule has 0 unspecified atom stereocenters. The van der Waals surface area contributed by atoms with Crippen LogP contribution in [0.15, 0.2) is 33.3 Å². The normalized spacial score (nSPS) is 11.5. The SMILES string of the molecule is Cc1cc(Br)ccc1Nc1cc(Br)nc(C(C)(C)C)n1. The first kappa shape index (κ1) is 15.4. The molecule has 0 atom stereocenters. The number of nitrogens with one attached hydrogen (secondary N) is 1. The van der Waals surface area contributed by atoms with Gasteiger partial charge in [-0.05, 0) is 46.6 Å². The molecule has 1 N–H and O–H groups in total. The third kappa shape index (κ3) is 3.79. The molecule has 3 nitrogen and oxygen atoms in total. The molecule has 1 aromatic carbocycles. The van der Waals surface area contributed by atoms with Gasteiger partial charge in [-0.2, -0.15) is 0 Å². The van der Waals surface area contributed by atoms with Crippen LogP contribution in [0.25, 0.3) is 0 Å². The molecule has 0 spiro atoms. The fourth-order valence-corrected chi connectivity index (χ4v) is 2.58. The lowest BCUT2D eigenvalue weighted by Crippen LogP contribution is -2.17. The van der Waals surface area contributed by atoms with E-state index in [1.165, 1.54) is 0 Å². The van der Waals surface area contributed by atoms with E-state index in [2.05, 4.69) is 80.9 Å². The highest BCUT2D eigenvalue weighted by Crippen LogP contribution is 2.26. The zero-order chi connectivity index (χ0) is 14.9. The molecule has 20 heavy (non-hydrogen) atoms. The van der Waals surface area contributed by atoms with Crippen LogP contribution >= 0.6 is 31.9 Å². The van der Waals surface area contributed by atoms with Crippen molar-refractivity contribution < 1.29 is 0 Å². The topological polar surface area (TPSA) is 37.8 Å². The van der Waals surface area contributed by atoms with Gasteiger partial charge in [0, 0.05) is 21.6 Å². The zero-order valence-electron chi connectivity index (χ0n) is 12.0. The van der Waals surface area contributed by atoms with Gasteiger partial charge >= 0.3 is 0 Å². The number of nitrogens with zero attached hydrogens (tertiary/aromatic N) is 2. The van der Waals surface area contributed by atoms with E-state index in [1.807, 2.05) is 18.2 Å². The minimum Gasteiger partial charge on any atom is -0.340 e. The maximum absolute atomic E-state index is 4.60. The quantitative estimate of drug-likeness (QED) is 0.692. The van der Waals surface area contributed by atoms with E-state index in [9.17, 15) is 0 Å². The second-order valence-corrected chi connectivity index (χ2v) is 7.46. The molecule has 5 heteroatoms. The lowest BCUT2D eigenvalue weighted by Gasteiger charge is -2.18. The van der Waals surface area contributed by atoms with Gasteiger partial charge in [0.25, 0.3) is 0 Å². The van der Waals surface area contributed by atoms with Crippen molar-refractivity contribution in [2.24, 2.45) is 0 Å². The summed E-state index contributed by atoms with van der Waals surface area (Å²) in [5.74, 6) is 1.60. The van der Waals surface area contributed by atoms with E-state index in [4.69, 9.17) is 0 Å². The van der Waals surface area contributed by atoms with Crippen molar-refractivity contribution >= 4 is 43.4 Å². The van der Waals surface area contributed by atoms with E-state index >= 15 is 0 Å². The Balaban J connectivity index is 2.36. The first-order valence-electron chi connectivity index (χ1n) is 6.34. The third-order valence-corrected chi connectivity index (χ3v) is 3.72. The molecule has 0 bridgehead atoms. The van der Waals surface area contributed by atoms with Gasteiger partial charge in [0.05, 0.1) is 0 Å². The highest BCUT2D eigenvalue weighted by atomic mass is 79.9. The van der Waals surface area contributed by atoms with Gasteiger partial charge in [0.2, 0.25) is 0 Å². The fraction of sp³-hybridized carbons (Fsp3) is 0.333. The zero-order valence-corrected chi connectivity index (χ0v) is 15.1. The Morgan fingerprint density at radius 3 is 2.35 bits per heavy atom. The molecule has 0 aliphatic rings. The Bertz CT molecular complexity index is 634. The molecule has 0 aliphatic heterocycles. The van der Waals surface area contributed by atoms with Gasteiger partial charge in [-0.15, -0.1) is 0 Å². The van der Waals surface area contributed by atoms with Gasteiger partial charge in [0.1, 0.15) is 16.2 Å². The fourth-order valence-electron chi connectivity index (χ4n) is 1.72. The summed E-state index contributed by atoms with van der Waals surface area (Å²) >= 11 is 6.92. The number of hydrogen-bond acceptors (Lipinski definition) is 3. The first-order chi connectivity index (χ1) is 9.25. The van der Waals surface area contributed by atoms with Crippen LogP contribution in [0.4, 0.5) is 11.5 Å². The minimum absolute atomic E-state index is 0.0883. The number of anilines is 2. The smallest absolute Gasteiger partial charge is 0.137 e. The Hall–Kier alpha value is -0.940. The van der Waals surface area contributed by atoms with Gasteiger partial charge in [0.15, 0.2) is 0 Å². The molecule has 1 aromatic heterocycles. The van der Waals surface area contributed by atoms with E-state index < -0.39 is 0 Å². The summed E-state index contributed by atoms with van der Waals surface area (Å²) in [6.07, 6.45) is 0. The molecular weight excluding hydrogens is 382 g/mol. The van der Waals surface area contributed by atoms with Gasteiger partial charge in [-0.25, -0.2) is 9.97 Å². The highest BCUT2D eigenvalue weighted by Gasteiger charge is 2.18. The number of rotatable bonds is 2. The average molecular weight is 399 g/mol. The van der Waals surface area contributed by atoms with Gasteiger partial charge in [-0.3, -0.25) is 0 Å². The molecule has 0 amide bonds. The lowest BCUT2D eigenvalue weighted by atomic mass is 9.96. The molecule has 2 rings (SSSR count). The van der Waals surface area contributed by atoms with Crippen molar-refractivity contribution in [2.75, 3.05) is 5.32 Å². The van der Waals surface area contributed by atoms with Crippen LogP contribution in [0.5, 0.6) is 0 Å². The van der Waals surface area contributed by atoms with E-state index in [-0.39, 0.29) is 5.41 Å². The number of aryl methyl sites for hydroxylation is 1. The predicted molar refractivity (Wildman–Crippen MR) is 90.6 cm³/mol. The maximum Gasteiger partial charge on any atom is 0.137 e. The van der Waals surface area contributed by atoms with Crippen molar-refractivity contribution in [2.45, 2.75) is 33.1 Å². The van der Waals surface area contributed by atoms with Crippen molar-refractivity contribution in [1.29, 1.82) is 0 Å². The second-order valence-electron chi connectivity index (χ2n) is 5.73. The molecule has 0 radical (unpaired) electrons. The standard InChI is InChI=1S/C15H17Br2N3/c1-9-7-10(16)5-6-11(9)18-13-8-12(17)19-14(20-13)15(2,3)4/h5-8H,1-4H3,(H,18,19,20). The van der Waals surface area contributed by atoms with Crippen molar-refractivity contribution in [3.05, 3.63) is 44.7 Å². The number of aromatic nitrogens is 2. The molecule has 0 aliphatic carbocycles. The number of benzene rings is 1. The van der Waals surface area contributed by atoms with Crippen LogP contribution in [0, 0.1) is 6.92 Å². The van der Waals surface area contributed by atoms with Crippen LogP contribution < -0.4 is 5.32 Å². The Morgan fingerprint density at radius 2 is 1.75 bits per heavy atom. The van der Waals surface area contributed by atoms with Crippen LogP contribution in [0.3, 0.4) is 0 Å². The summed E-state index contributed by atoms with van der Waals surface area (Å²) in [6.45, 7) is 8.37. The summed E-state index contributed by atoms with van der Waals surface area (Å²) in [5, 5.41) is 3.35. The van der Waals surface area contributed by atoms with Crippen LogP contribution in [0.1, 0.15) is 32.2 Å². The first-order valence-corrected chi connectivity index (χ1v) is 7.92. The Morgan fingerprint density at radius 1 is 1.05 bits per heavy atom. The molecular formula is C15H17Br2N3. The molecule has 2 aromatic rings. The summed E-state index contributed by atoms with van der Waals surface area (Å²) in [7, 11) is 0. The number of hydrogen-bond donors (Lipinski definition) is 1. The second kappa shape index (κ2) is 5.82. The molecule has 0 saturated heterocycles. The Kier molecular flexibility index (Phi) is 4.49. The summed E-state index contributed by atoms with van der Waals surface area (Å²) in [5.41, 5.74) is 2.11. The number of halogens is 2. The van der Waals surface area contributed by atoms with Crippen molar-refractivity contribution in [3.63, 3.8) is 0 Å². The summed E-state index contributed by atoms with van der Waals surface area (Å²) in [4.78, 5) is 9.04. The van der Waals surface area contributed by atoms with Crippen LogP contribution in [-0.4, -0.2) is 9.97 Å². The monoisotopic (exact) mass is 397 g/mol. The predicted octanol–water partition coefficient (Wildman–Crippen LogP) is 5.35. The molecule has 0 saturated carbocycles. The van der Waals surface area contributed by atoms with E-state index in [1.54, 1.807) is 0 Å².